The third-order valence-electron chi connectivity index (χ3n) is 2.42. The Morgan fingerprint density at radius 3 is 2.18 bits per heavy atom. The minimum Gasteiger partial charge on any atom is -0.340 e. The molecule has 90 valence electrons. The molecule has 0 unspecified atom stereocenters. The van der Waals surface area contributed by atoms with E-state index in [1.54, 1.807) is 45.0 Å². The number of benzene rings is 1. The Morgan fingerprint density at radius 2 is 1.71 bits per heavy atom. The van der Waals surface area contributed by atoms with Crippen LogP contribution in [-0.4, -0.2) is 17.2 Å². The van der Waals surface area contributed by atoms with Gasteiger partial charge in [-0.15, -0.1) is 0 Å². The van der Waals surface area contributed by atoms with Crippen LogP contribution in [0.1, 0.15) is 31.1 Å². The van der Waals surface area contributed by atoms with E-state index in [2.05, 4.69) is 11.9 Å². The lowest BCUT2D eigenvalue weighted by molar-refractivity contribution is -0.120. The van der Waals surface area contributed by atoms with Gasteiger partial charge in [-0.3, -0.25) is 9.59 Å². The summed E-state index contributed by atoms with van der Waals surface area (Å²) in [5.74, 6) is -0.424. The van der Waals surface area contributed by atoms with E-state index in [-0.39, 0.29) is 11.7 Å². The zero-order valence-corrected chi connectivity index (χ0v) is 10.4. The van der Waals surface area contributed by atoms with E-state index in [1.807, 2.05) is 6.07 Å². The molecule has 0 aliphatic heterocycles. The lowest BCUT2D eigenvalue weighted by Gasteiger charge is -2.24. The summed E-state index contributed by atoms with van der Waals surface area (Å²) in [7, 11) is 0. The smallest absolute Gasteiger partial charge is 0.252 e. The first kappa shape index (κ1) is 13.2. The molecule has 0 spiro atoms. The van der Waals surface area contributed by atoms with Crippen LogP contribution in [0.4, 0.5) is 0 Å². The normalized spacial score (nSPS) is 10.8. The molecule has 0 aromatic heterocycles. The number of rotatable bonds is 4. The highest BCUT2D eigenvalue weighted by Crippen LogP contribution is 2.11. The minimum absolute atomic E-state index is 0.165. The van der Waals surface area contributed by atoms with Crippen molar-refractivity contribution in [2.45, 2.75) is 26.3 Å². The van der Waals surface area contributed by atoms with E-state index in [1.165, 1.54) is 0 Å². The molecule has 0 saturated heterocycles. The van der Waals surface area contributed by atoms with Crippen LogP contribution in [0.15, 0.2) is 42.5 Å². The molecule has 0 heterocycles. The van der Waals surface area contributed by atoms with Gasteiger partial charge >= 0.3 is 0 Å². The first-order valence-electron chi connectivity index (χ1n) is 5.42. The number of hydrogen-bond acceptors (Lipinski definition) is 2. The molecule has 1 N–H and O–H groups in total. The predicted octanol–water partition coefficient (Wildman–Crippen LogP) is 2.34. The summed E-state index contributed by atoms with van der Waals surface area (Å²) in [5, 5.41) is 2.70. The van der Waals surface area contributed by atoms with Gasteiger partial charge in [0.25, 0.3) is 5.91 Å². The number of Topliss-reactive ketones (excluding diaryl/α,β-unsaturated/α-hetero) is 1. The van der Waals surface area contributed by atoms with E-state index >= 15 is 0 Å². The lowest BCUT2D eigenvalue weighted by atomic mass is 9.94. The van der Waals surface area contributed by atoms with Crippen molar-refractivity contribution >= 4 is 11.7 Å². The number of amides is 1. The number of nitrogens with one attached hydrogen (secondary N) is 1. The second kappa shape index (κ2) is 4.95. The molecule has 1 amide bonds. The fourth-order valence-corrected chi connectivity index (χ4v) is 1.54. The summed E-state index contributed by atoms with van der Waals surface area (Å²) < 4.78 is 0. The number of carbonyl (C=O) groups excluding carboxylic acids is 2. The number of ketones is 1. The molecular weight excluding hydrogens is 214 g/mol. The number of carbonyl (C=O) groups is 2. The Bertz CT molecular complexity index is 447. The maximum Gasteiger partial charge on any atom is 0.252 e. The summed E-state index contributed by atoms with van der Waals surface area (Å²) in [6.07, 6.45) is 0. The highest BCUT2D eigenvalue weighted by Gasteiger charge is 2.29. The molecule has 1 rings (SSSR count). The van der Waals surface area contributed by atoms with Gasteiger partial charge in [-0.25, -0.2) is 0 Å². The average molecular weight is 231 g/mol. The van der Waals surface area contributed by atoms with Crippen molar-refractivity contribution < 1.29 is 9.59 Å². The first-order chi connectivity index (χ1) is 7.84. The van der Waals surface area contributed by atoms with Crippen molar-refractivity contribution in [3.8, 4) is 0 Å². The average Bonchev–Trinajstić information content (AvgIpc) is 2.28. The van der Waals surface area contributed by atoms with Gasteiger partial charge in [-0.1, -0.05) is 24.8 Å². The van der Waals surface area contributed by atoms with Crippen molar-refractivity contribution in [2.24, 2.45) is 0 Å². The minimum atomic E-state index is -0.932. The molecule has 1 aromatic carbocycles. The van der Waals surface area contributed by atoms with Crippen LogP contribution < -0.4 is 5.32 Å². The molecule has 1 aromatic rings. The van der Waals surface area contributed by atoms with Crippen molar-refractivity contribution in [2.75, 3.05) is 0 Å². The maximum atomic E-state index is 11.9. The Morgan fingerprint density at radius 1 is 1.18 bits per heavy atom. The molecule has 0 saturated carbocycles. The summed E-state index contributed by atoms with van der Waals surface area (Å²) in [4.78, 5) is 23.7. The van der Waals surface area contributed by atoms with Crippen molar-refractivity contribution in [3.63, 3.8) is 0 Å². The Balaban J connectivity index is 2.82. The van der Waals surface area contributed by atoms with E-state index in [0.29, 0.717) is 11.1 Å². The molecule has 0 bridgehead atoms. The SMILES string of the molecule is C=C(C)C(=O)C(C)(C)NC(=O)c1ccccc1. The Hall–Kier alpha value is -1.90. The van der Waals surface area contributed by atoms with E-state index in [4.69, 9.17) is 0 Å². The predicted molar refractivity (Wildman–Crippen MR) is 67.8 cm³/mol. The molecule has 0 atom stereocenters. The van der Waals surface area contributed by atoms with Crippen LogP contribution in [0.25, 0.3) is 0 Å². The van der Waals surface area contributed by atoms with E-state index < -0.39 is 5.54 Å². The van der Waals surface area contributed by atoms with Crippen LogP contribution in [0.3, 0.4) is 0 Å². The molecule has 3 nitrogen and oxygen atoms in total. The zero-order valence-electron chi connectivity index (χ0n) is 10.4. The summed E-state index contributed by atoms with van der Waals surface area (Å²) in [5.41, 5.74) is 0.0390. The fraction of sp³-hybridized carbons (Fsp3) is 0.286. The summed E-state index contributed by atoms with van der Waals surface area (Å²) >= 11 is 0. The van der Waals surface area contributed by atoms with Gasteiger partial charge in [0, 0.05) is 5.56 Å². The van der Waals surface area contributed by atoms with E-state index in [9.17, 15) is 9.59 Å². The molecule has 0 aliphatic rings. The second-order valence-corrected chi connectivity index (χ2v) is 4.55. The van der Waals surface area contributed by atoms with Crippen molar-refractivity contribution in [1.29, 1.82) is 0 Å². The summed E-state index contributed by atoms with van der Waals surface area (Å²) in [6.45, 7) is 8.58. The Kier molecular flexibility index (Phi) is 3.84. The van der Waals surface area contributed by atoms with Crippen LogP contribution in [-0.2, 0) is 4.79 Å². The molecule has 0 aliphatic carbocycles. The largest absolute Gasteiger partial charge is 0.340 e. The van der Waals surface area contributed by atoms with Crippen LogP contribution in [0, 0.1) is 0 Å². The van der Waals surface area contributed by atoms with E-state index in [0.717, 1.165) is 0 Å². The van der Waals surface area contributed by atoms with Gasteiger partial charge in [-0.05, 0) is 38.5 Å². The van der Waals surface area contributed by atoms with Gasteiger partial charge in [0.2, 0.25) is 0 Å². The van der Waals surface area contributed by atoms with Crippen LogP contribution in [0.2, 0.25) is 0 Å². The lowest BCUT2D eigenvalue weighted by Crippen LogP contribution is -2.50. The number of hydrogen-bond donors (Lipinski definition) is 1. The van der Waals surface area contributed by atoms with Gasteiger partial charge < -0.3 is 5.32 Å². The monoisotopic (exact) mass is 231 g/mol. The third kappa shape index (κ3) is 3.28. The molecule has 0 fully saturated rings. The highest BCUT2D eigenvalue weighted by atomic mass is 16.2. The Labute approximate surface area is 102 Å². The molecule has 0 radical (unpaired) electrons. The maximum absolute atomic E-state index is 11.9. The molecule has 17 heavy (non-hydrogen) atoms. The van der Waals surface area contributed by atoms with Crippen molar-refractivity contribution in [3.05, 3.63) is 48.0 Å². The zero-order chi connectivity index (χ0) is 13.1. The fourth-order valence-electron chi connectivity index (χ4n) is 1.54. The third-order valence-corrected chi connectivity index (χ3v) is 2.42. The van der Waals surface area contributed by atoms with Gasteiger partial charge in [0.15, 0.2) is 5.78 Å². The highest BCUT2D eigenvalue weighted by molar-refractivity contribution is 6.05. The van der Waals surface area contributed by atoms with Gasteiger partial charge in [0.05, 0.1) is 5.54 Å². The topological polar surface area (TPSA) is 46.2 Å². The second-order valence-electron chi connectivity index (χ2n) is 4.55. The summed E-state index contributed by atoms with van der Waals surface area (Å²) in [6, 6.07) is 8.80. The molecule has 3 heteroatoms. The van der Waals surface area contributed by atoms with Gasteiger partial charge in [-0.2, -0.15) is 0 Å². The standard InChI is InChI=1S/C14H17NO2/c1-10(2)12(16)14(3,4)15-13(17)11-8-6-5-7-9-11/h5-9H,1H2,2-4H3,(H,15,17). The van der Waals surface area contributed by atoms with Crippen molar-refractivity contribution in [1.82, 2.24) is 5.32 Å². The van der Waals surface area contributed by atoms with Crippen LogP contribution in [0.5, 0.6) is 0 Å². The molecular formula is C14H17NO2. The van der Waals surface area contributed by atoms with Crippen LogP contribution >= 0.6 is 0 Å². The quantitative estimate of drug-likeness (QED) is 0.808. The first-order valence-corrected chi connectivity index (χ1v) is 5.42. The van der Waals surface area contributed by atoms with Gasteiger partial charge in [0.1, 0.15) is 0 Å².